The molecule has 0 aromatic carbocycles. The van der Waals surface area contributed by atoms with Gasteiger partial charge in [-0.05, 0) is 64.2 Å². The Bertz CT molecular complexity index is 1270. The van der Waals surface area contributed by atoms with E-state index in [-0.39, 0.29) is 24.9 Å². The van der Waals surface area contributed by atoms with Crippen molar-refractivity contribution in [2.75, 3.05) is 6.61 Å². The van der Waals surface area contributed by atoms with Crippen molar-refractivity contribution in [1.82, 2.24) is 5.32 Å². The van der Waals surface area contributed by atoms with E-state index in [0.29, 0.717) is 19.3 Å². The molecule has 0 fully saturated rings. The van der Waals surface area contributed by atoms with Crippen LogP contribution in [0.3, 0.4) is 0 Å². The summed E-state index contributed by atoms with van der Waals surface area (Å²) in [7, 11) is 0. The van der Waals surface area contributed by atoms with Crippen LogP contribution >= 0.6 is 0 Å². The number of ether oxygens (including phenoxy) is 1. The van der Waals surface area contributed by atoms with Crippen LogP contribution in [0.1, 0.15) is 233 Å². The Morgan fingerprint density at radius 1 is 0.469 bits per heavy atom. The SMILES string of the molecule is CC/C=C/C=C/C=C\CCCCCCCC(=O)OC(CCCCC/C=C/C=C/C=C/C=C/C=C/CCC)CC(=O)NC(CO)C(O)CCCCCCCCCCCCCCCCCC. The molecule has 0 spiro atoms. The summed E-state index contributed by atoms with van der Waals surface area (Å²) in [4.78, 5) is 26.2. The van der Waals surface area contributed by atoms with Gasteiger partial charge in [0.1, 0.15) is 6.10 Å². The molecule has 0 aromatic heterocycles. The molecule has 3 atom stereocenters. The van der Waals surface area contributed by atoms with Crippen LogP contribution in [-0.4, -0.2) is 46.9 Å². The number of aliphatic hydroxyl groups is 2. The van der Waals surface area contributed by atoms with Gasteiger partial charge in [-0.1, -0.05) is 253 Å². The number of hydrogen-bond donors (Lipinski definition) is 3. The van der Waals surface area contributed by atoms with Gasteiger partial charge < -0.3 is 20.3 Å². The monoisotopic (exact) mass is 890 g/mol. The molecule has 0 saturated heterocycles. The predicted octanol–water partition coefficient (Wildman–Crippen LogP) is 16.1. The zero-order chi connectivity index (χ0) is 46.7. The van der Waals surface area contributed by atoms with Crippen LogP contribution in [0, 0.1) is 0 Å². The fraction of sp³-hybridized carbons (Fsp3) is 0.690. The largest absolute Gasteiger partial charge is 0.462 e. The second kappa shape index (κ2) is 50.8. The molecule has 1 amide bonds. The maximum atomic E-state index is 13.2. The van der Waals surface area contributed by atoms with E-state index in [1.807, 2.05) is 36.5 Å². The molecule has 0 rings (SSSR count). The van der Waals surface area contributed by atoms with E-state index < -0.39 is 18.2 Å². The second-order valence-electron chi connectivity index (χ2n) is 17.7. The van der Waals surface area contributed by atoms with Gasteiger partial charge in [0.25, 0.3) is 0 Å². The van der Waals surface area contributed by atoms with E-state index in [4.69, 9.17) is 4.74 Å². The molecule has 0 aliphatic heterocycles. The number of unbranched alkanes of at least 4 members (excludes halogenated alkanes) is 24. The first-order valence-corrected chi connectivity index (χ1v) is 26.6. The van der Waals surface area contributed by atoms with Crippen molar-refractivity contribution in [3.8, 4) is 0 Å². The minimum Gasteiger partial charge on any atom is -0.462 e. The number of carbonyl (C=O) groups is 2. The summed E-state index contributed by atoms with van der Waals surface area (Å²) < 4.78 is 5.91. The van der Waals surface area contributed by atoms with E-state index >= 15 is 0 Å². The summed E-state index contributed by atoms with van der Waals surface area (Å²) in [5.74, 6) is -0.545. The number of allylic oxidation sites excluding steroid dienone is 16. The van der Waals surface area contributed by atoms with Gasteiger partial charge in [0.15, 0.2) is 0 Å². The van der Waals surface area contributed by atoms with Crippen LogP contribution < -0.4 is 5.32 Å². The van der Waals surface area contributed by atoms with Crippen LogP contribution in [-0.2, 0) is 14.3 Å². The maximum absolute atomic E-state index is 13.2. The van der Waals surface area contributed by atoms with Crippen molar-refractivity contribution in [3.05, 3.63) is 97.2 Å². The lowest BCUT2D eigenvalue weighted by Gasteiger charge is -2.24. The zero-order valence-corrected chi connectivity index (χ0v) is 41.6. The second-order valence-corrected chi connectivity index (χ2v) is 17.7. The first kappa shape index (κ1) is 60.8. The van der Waals surface area contributed by atoms with Crippen LogP contribution in [0.15, 0.2) is 97.2 Å². The molecule has 6 nitrogen and oxygen atoms in total. The third kappa shape index (κ3) is 45.4. The van der Waals surface area contributed by atoms with Gasteiger partial charge in [-0.15, -0.1) is 0 Å². The Morgan fingerprint density at radius 2 is 0.875 bits per heavy atom. The maximum Gasteiger partial charge on any atom is 0.306 e. The van der Waals surface area contributed by atoms with Crippen LogP contribution in [0.5, 0.6) is 0 Å². The number of esters is 1. The van der Waals surface area contributed by atoms with Gasteiger partial charge in [0.05, 0.1) is 25.2 Å². The van der Waals surface area contributed by atoms with Gasteiger partial charge in [-0.25, -0.2) is 0 Å². The summed E-state index contributed by atoms with van der Waals surface area (Å²) in [5, 5.41) is 23.8. The van der Waals surface area contributed by atoms with Crippen molar-refractivity contribution < 1.29 is 24.5 Å². The Hall–Kier alpha value is -3.22. The number of carbonyl (C=O) groups excluding carboxylic acids is 2. The number of aliphatic hydroxyl groups excluding tert-OH is 2. The highest BCUT2D eigenvalue weighted by atomic mass is 16.5. The Balaban J connectivity index is 4.68. The van der Waals surface area contributed by atoms with E-state index in [9.17, 15) is 19.8 Å². The smallest absolute Gasteiger partial charge is 0.306 e. The highest BCUT2D eigenvalue weighted by Gasteiger charge is 2.24. The number of amides is 1. The molecule has 0 bridgehead atoms. The number of rotatable bonds is 46. The quantitative estimate of drug-likeness (QED) is 0.0321. The third-order valence-corrected chi connectivity index (χ3v) is 11.6. The molecule has 366 valence electrons. The molecule has 0 radical (unpaired) electrons. The van der Waals surface area contributed by atoms with Gasteiger partial charge in [-0.2, -0.15) is 0 Å². The Kier molecular flexibility index (Phi) is 48.2. The topological polar surface area (TPSA) is 95.9 Å². The highest BCUT2D eigenvalue weighted by molar-refractivity contribution is 5.77. The molecule has 64 heavy (non-hydrogen) atoms. The van der Waals surface area contributed by atoms with Gasteiger partial charge in [-0.3, -0.25) is 9.59 Å². The lowest BCUT2D eigenvalue weighted by Crippen LogP contribution is -2.46. The molecule has 3 N–H and O–H groups in total. The molecule has 0 aliphatic rings. The minimum atomic E-state index is -0.809. The molecule has 0 heterocycles. The van der Waals surface area contributed by atoms with E-state index in [0.717, 1.165) is 96.3 Å². The summed E-state index contributed by atoms with van der Waals surface area (Å²) in [6, 6.07) is -0.726. The third-order valence-electron chi connectivity index (χ3n) is 11.6. The fourth-order valence-electron chi connectivity index (χ4n) is 7.58. The van der Waals surface area contributed by atoms with Crippen LogP contribution in [0.25, 0.3) is 0 Å². The van der Waals surface area contributed by atoms with Crippen LogP contribution in [0.2, 0.25) is 0 Å². The van der Waals surface area contributed by atoms with Crippen molar-refractivity contribution in [1.29, 1.82) is 0 Å². The van der Waals surface area contributed by atoms with Gasteiger partial charge in [0, 0.05) is 6.42 Å². The summed E-state index contributed by atoms with van der Waals surface area (Å²) in [5.41, 5.74) is 0. The molecule has 0 aromatic rings. The van der Waals surface area contributed by atoms with Gasteiger partial charge >= 0.3 is 5.97 Å². The first-order valence-electron chi connectivity index (χ1n) is 26.6. The molecular formula is C58H99NO5. The molecule has 6 heteroatoms. The predicted molar refractivity (Wildman–Crippen MR) is 277 cm³/mol. The molecular weight excluding hydrogens is 791 g/mol. The first-order chi connectivity index (χ1) is 31.5. The van der Waals surface area contributed by atoms with Crippen molar-refractivity contribution in [2.45, 2.75) is 251 Å². The minimum absolute atomic E-state index is 0.0357. The van der Waals surface area contributed by atoms with E-state index in [2.05, 4.69) is 86.8 Å². The van der Waals surface area contributed by atoms with E-state index in [1.165, 1.54) is 89.9 Å². The Morgan fingerprint density at radius 3 is 1.36 bits per heavy atom. The van der Waals surface area contributed by atoms with Gasteiger partial charge in [0.2, 0.25) is 5.91 Å². The lowest BCUT2D eigenvalue weighted by atomic mass is 10.0. The van der Waals surface area contributed by atoms with E-state index in [1.54, 1.807) is 0 Å². The fourth-order valence-corrected chi connectivity index (χ4v) is 7.58. The number of nitrogens with one attached hydrogen (secondary N) is 1. The molecule has 0 saturated carbocycles. The average Bonchev–Trinajstić information content (AvgIpc) is 3.29. The number of hydrogen-bond acceptors (Lipinski definition) is 5. The zero-order valence-electron chi connectivity index (χ0n) is 41.6. The van der Waals surface area contributed by atoms with Crippen molar-refractivity contribution >= 4 is 11.9 Å². The highest BCUT2D eigenvalue weighted by Crippen LogP contribution is 2.17. The summed E-state index contributed by atoms with van der Waals surface area (Å²) >= 11 is 0. The lowest BCUT2D eigenvalue weighted by molar-refractivity contribution is -0.151. The van der Waals surface area contributed by atoms with Crippen LogP contribution in [0.4, 0.5) is 0 Å². The summed E-state index contributed by atoms with van der Waals surface area (Å²) in [6.07, 6.45) is 67.5. The molecule has 3 unspecified atom stereocenters. The summed E-state index contributed by atoms with van der Waals surface area (Å²) in [6.45, 7) is 6.25. The average molecular weight is 890 g/mol. The Labute approximate surface area is 395 Å². The van der Waals surface area contributed by atoms with Crippen molar-refractivity contribution in [2.24, 2.45) is 0 Å². The molecule has 0 aliphatic carbocycles. The standard InChI is InChI=1S/C58H99NO5/c1-4-7-10-13-16-19-22-25-27-29-32-34-37-40-43-46-49-54(64-58(63)51-48-45-42-39-36-31-24-21-18-15-12-9-6-3)52-57(62)59-55(53-60)56(61)50-47-44-41-38-35-33-30-28-26-23-20-17-14-11-8-5-2/h9-10,12-13,15-16,18-19,21-22,24-25,27,29,32,34,54-56,60-61H,4-8,11,14,17,20,23,26,28,30-31,33,35-53H2,1-3H3,(H,59,62)/b12-9+,13-10+,18-15+,19-16+,24-21-,25-22+,29-27+,34-32+. The van der Waals surface area contributed by atoms with Crippen molar-refractivity contribution in [3.63, 3.8) is 0 Å². The normalized spacial score (nSPS) is 14.0.